The van der Waals surface area contributed by atoms with Gasteiger partial charge in [-0.15, -0.1) is 0 Å². The number of benzene rings is 5. The van der Waals surface area contributed by atoms with Crippen LogP contribution in [-0.2, 0) is 0 Å². The van der Waals surface area contributed by atoms with Crippen LogP contribution >= 0.6 is 0 Å². The summed E-state index contributed by atoms with van der Waals surface area (Å²) in [6, 6.07) is 38.7. The standard InChI is InChI=1S/C28H20/c1-2-10-21(11-3-1)25-14-6-4-12-22(25)18-19-24-20-23-13-5-7-15-26(23)28-17-9-8-16-27(24)28/h1-20H. The molecule has 5 aromatic rings. The van der Waals surface area contributed by atoms with Crippen LogP contribution in [0.25, 0.3) is 44.8 Å². The highest BCUT2D eigenvalue weighted by Gasteiger charge is 2.05. The van der Waals surface area contributed by atoms with Crippen LogP contribution in [0.2, 0.25) is 0 Å². The summed E-state index contributed by atoms with van der Waals surface area (Å²) in [5, 5.41) is 5.17. The molecule has 0 heterocycles. The van der Waals surface area contributed by atoms with E-state index in [0.717, 1.165) is 0 Å². The van der Waals surface area contributed by atoms with E-state index < -0.39 is 0 Å². The van der Waals surface area contributed by atoms with Gasteiger partial charge in [0.15, 0.2) is 0 Å². The topological polar surface area (TPSA) is 0 Å². The zero-order valence-corrected chi connectivity index (χ0v) is 15.5. The van der Waals surface area contributed by atoms with E-state index in [0.29, 0.717) is 0 Å². The van der Waals surface area contributed by atoms with Gasteiger partial charge < -0.3 is 0 Å². The number of rotatable bonds is 3. The van der Waals surface area contributed by atoms with Crippen molar-refractivity contribution in [2.45, 2.75) is 0 Å². The minimum Gasteiger partial charge on any atom is -0.0622 e. The van der Waals surface area contributed by atoms with Gasteiger partial charge >= 0.3 is 0 Å². The Morgan fingerprint density at radius 1 is 0.429 bits per heavy atom. The maximum absolute atomic E-state index is 2.29. The smallest absolute Gasteiger partial charge is 0.00994 e. The molecule has 0 saturated heterocycles. The summed E-state index contributed by atoms with van der Waals surface area (Å²) in [5.74, 6) is 0. The van der Waals surface area contributed by atoms with E-state index in [9.17, 15) is 0 Å². The van der Waals surface area contributed by atoms with Crippen LogP contribution in [-0.4, -0.2) is 0 Å². The fraction of sp³-hybridized carbons (Fsp3) is 0. The summed E-state index contributed by atoms with van der Waals surface area (Å²) < 4.78 is 0. The van der Waals surface area contributed by atoms with Gasteiger partial charge in [0.05, 0.1) is 0 Å². The van der Waals surface area contributed by atoms with E-state index in [-0.39, 0.29) is 0 Å². The molecule has 0 spiro atoms. The number of hydrogen-bond donors (Lipinski definition) is 0. The third-order valence-corrected chi connectivity index (χ3v) is 5.29. The van der Waals surface area contributed by atoms with E-state index in [1.165, 1.54) is 43.8 Å². The van der Waals surface area contributed by atoms with Crippen LogP contribution in [0.4, 0.5) is 0 Å². The quantitative estimate of drug-likeness (QED) is 0.228. The first-order chi connectivity index (χ1) is 13.9. The second-order valence-corrected chi connectivity index (χ2v) is 7.02. The Bertz CT molecular complexity index is 1290. The molecular weight excluding hydrogens is 336 g/mol. The van der Waals surface area contributed by atoms with E-state index in [1.807, 2.05) is 0 Å². The molecule has 0 aliphatic carbocycles. The molecule has 0 radical (unpaired) electrons. The number of fused-ring (bicyclic) bond motifs is 3. The van der Waals surface area contributed by atoms with E-state index in [2.05, 4.69) is 121 Å². The van der Waals surface area contributed by atoms with Gasteiger partial charge in [0, 0.05) is 0 Å². The summed E-state index contributed by atoms with van der Waals surface area (Å²) in [5.41, 5.74) is 4.97. The van der Waals surface area contributed by atoms with Crippen molar-refractivity contribution in [1.29, 1.82) is 0 Å². The lowest BCUT2D eigenvalue weighted by molar-refractivity contribution is 1.59. The van der Waals surface area contributed by atoms with Gasteiger partial charge in [-0.2, -0.15) is 0 Å². The van der Waals surface area contributed by atoms with Crippen LogP contribution in [0.15, 0.2) is 109 Å². The fourth-order valence-electron chi connectivity index (χ4n) is 3.92. The zero-order chi connectivity index (χ0) is 18.8. The van der Waals surface area contributed by atoms with E-state index >= 15 is 0 Å². The monoisotopic (exact) mass is 356 g/mol. The SMILES string of the molecule is C(=Cc1cc2ccccc2c2ccccc12)c1ccccc1-c1ccccc1. The van der Waals surface area contributed by atoms with Crippen LogP contribution in [0.5, 0.6) is 0 Å². The molecule has 0 saturated carbocycles. The Morgan fingerprint density at radius 2 is 1.04 bits per heavy atom. The van der Waals surface area contributed by atoms with Crippen molar-refractivity contribution >= 4 is 33.7 Å². The molecule has 0 atom stereocenters. The maximum Gasteiger partial charge on any atom is -0.00994 e. The Balaban J connectivity index is 1.66. The van der Waals surface area contributed by atoms with Gasteiger partial charge in [-0.25, -0.2) is 0 Å². The molecule has 0 aromatic heterocycles. The molecule has 0 unspecified atom stereocenters. The largest absolute Gasteiger partial charge is 0.0622 e. The highest BCUT2D eigenvalue weighted by Crippen LogP contribution is 2.31. The van der Waals surface area contributed by atoms with Gasteiger partial charge in [-0.05, 0) is 49.9 Å². The summed E-state index contributed by atoms with van der Waals surface area (Å²) in [6.07, 6.45) is 4.48. The highest BCUT2D eigenvalue weighted by atomic mass is 14.1. The second-order valence-electron chi connectivity index (χ2n) is 7.02. The lowest BCUT2D eigenvalue weighted by Gasteiger charge is -2.09. The molecule has 132 valence electrons. The minimum absolute atomic E-state index is 1.23. The lowest BCUT2D eigenvalue weighted by Crippen LogP contribution is -1.84. The normalized spacial score (nSPS) is 11.4. The Labute approximate surface area is 165 Å². The van der Waals surface area contributed by atoms with Crippen LogP contribution in [0.1, 0.15) is 11.1 Å². The number of hydrogen-bond acceptors (Lipinski definition) is 0. The van der Waals surface area contributed by atoms with E-state index in [1.54, 1.807) is 0 Å². The molecule has 0 N–H and O–H groups in total. The third-order valence-electron chi connectivity index (χ3n) is 5.29. The van der Waals surface area contributed by atoms with Crippen molar-refractivity contribution < 1.29 is 0 Å². The predicted octanol–water partition coefficient (Wildman–Crippen LogP) is 7.83. The van der Waals surface area contributed by atoms with Gasteiger partial charge in [-0.3, -0.25) is 0 Å². The average molecular weight is 356 g/mol. The molecule has 0 nitrogen and oxygen atoms in total. The zero-order valence-electron chi connectivity index (χ0n) is 15.5. The predicted molar refractivity (Wildman–Crippen MR) is 122 cm³/mol. The van der Waals surface area contributed by atoms with Crippen molar-refractivity contribution in [1.82, 2.24) is 0 Å². The average Bonchev–Trinajstić information content (AvgIpc) is 2.78. The van der Waals surface area contributed by atoms with E-state index in [4.69, 9.17) is 0 Å². The van der Waals surface area contributed by atoms with Gasteiger partial charge in [0.25, 0.3) is 0 Å². The molecule has 0 heteroatoms. The summed E-state index contributed by atoms with van der Waals surface area (Å²) in [6.45, 7) is 0. The summed E-state index contributed by atoms with van der Waals surface area (Å²) in [7, 11) is 0. The third kappa shape index (κ3) is 3.00. The highest BCUT2D eigenvalue weighted by molar-refractivity contribution is 6.11. The Kier molecular flexibility index (Phi) is 4.23. The minimum atomic E-state index is 1.23. The molecule has 0 aliphatic heterocycles. The van der Waals surface area contributed by atoms with Crippen molar-refractivity contribution in [3.63, 3.8) is 0 Å². The van der Waals surface area contributed by atoms with Crippen molar-refractivity contribution in [3.8, 4) is 11.1 Å². The Hall–Kier alpha value is -3.64. The van der Waals surface area contributed by atoms with Crippen LogP contribution in [0.3, 0.4) is 0 Å². The van der Waals surface area contributed by atoms with Gasteiger partial charge in [0.2, 0.25) is 0 Å². The molecule has 5 aromatic carbocycles. The van der Waals surface area contributed by atoms with Crippen molar-refractivity contribution in [3.05, 3.63) is 120 Å². The fourth-order valence-corrected chi connectivity index (χ4v) is 3.92. The summed E-state index contributed by atoms with van der Waals surface area (Å²) in [4.78, 5) is 0. The first-order valence-electron chi connectivity index (χ1n) is 9.63. The first kappa shape index (κ1) is 16.5. The first-order valence-corrected chi connectivity index (χ1v) is 9.63. The summed E-state index contributed by atoms with van der Waals surface area (Å²) >= 11 is 0. The maximum atomic E-state index is 2.29. The molecule has 28 heavy (non-hydrogen) atoms. The van der Waals surface area contributed by atoms with Gasteiger partial charge in [-0.1, -0.05) is 115 Å². The molecule has 0 aliphatic rings. The second kappa shape index (κ2) is 7.17. The molecule has 0 bridgehead atoms. The van der Waals surface area contributed by atoms with Crippen LogP contribution < -0.4 is 0 Å². The molecule has 0 amide bonds. The molecular formula is C28H20. The van der Waals surface area contributed by atoms with Crippen molar-refractivity contribution in [2.24, 2.45) is 0 Å². The molecule has 5 rings (SSSR count). The van der Waals surface area contributed by atoms with Crippen LogP contribution in [0, 0.1) is 0 Å². The van der Waals surface area contributed by atoms with Gasteiger partial charge in [0.1, 0.15) is 0 Å². The Morgan fingerprint density at radius 3 is 1.89 bits per heavy atom. The molecule has 0 fully saturated rings. The lowest BCUT2D eigenvalue weighted by atomic mass is 9.95. The van der Waals surface area contributed by atoms with Crippen molar-refractivity contribution in [2.75, 3.05) is 0 Å².